The molecule has 0 saturated heterocycles. The molecule has 6 heteroatoms. The van der Waals surface area contributed by atoms with Gasteiger partial charge in [0.2, 0.25) is 5.88 Å². The highest BCUT2D eigenvalue weighted by Gasteiger charge is 2.13. The lowest BCUT2D eigenvalue weighted by Gasteiger charge is -2.09. The summed E-state index contributed by atoms with van der Waals surface area (Å²) < 4.78 is 19.0. The van der Waals surface area contributed by atoms with Gasteiger partial charge in [0.1, 0.15) is 11.5 Å². The van der Waals surface area contributed by atoms with Crippen molar-refractivity contribution in [3.63, 3.8) is 0 Å². The highest BCUT2D eigenvalue weighted by Crippen LogP contribution is 2.31. The molecule has 158 valence electrons. The zero-order valence-electron chi connectivity index (χ0n) is 17.5. The van der Waals surface area contributed by atoms with Crippen LogP contribution in [0.1, 0.15) is 22.3 Å². The molecular formula is C26H21FN4O. The van der Waals surface area contributed by atoms with Crippen LogP contribution in [0.4, 0.5) is 4.39 Å². The molecule has 1 aromatic carbocycles. The van der Waals surface area contributed by atoms with E-state index >= 15 is 0 Å². The van der Waals surface area contributed by atoms with Gasteiger partial charge in [0.15, 0.2) is 0 Å². The zero-order valence-corrected chi connectivity index (χ0v) is 17.5. The Morgan fingerprint density at radius 2 is 1.69 bits per heavy atom. The van der Waals surface area contributed by atoms with Crippen LogP contribution < -0.4 is 4.74 Å². The van der Waals surface area contributed by atoms with Crippen LogP contribution in [0.15, 0.2) is 79.5 Å². The van der Waals surface area contributed by atoms with Gasteiger partial charge < -0.3 is 9.72 Å². The van der Waals surface area contributed by atoms with Crippen LogP contribution in [0.3, 0.4) is 0 Å². The first-order valence-electron chi connectivity index (χ1n) is 10.3. The SMILES string of the molecule is COc1ncc(F)cc1Cc1cncc(Cc2c[nH]c3nccc(-c4ccccc4)c23)c1. The molecule has 0 bridgehead atoms. The lowest BCUT2D eigenvalue weighted by molar-refractivity contribution is 0.391. The Balaban J connectivity index is 1.48. The number of pyridine rings is 3. The molecule has 0 atom stereocenters. The van der Waals surface area contributed by atoms with E-state index in [1.807, 2.05) is 42.9 Å². The maximum Gasteiger partial charge on any atom is 0.216 e. The number of methoxy groups -OCH3 is 1. The van der Waals surface area contributed by atoms with Crippen molar-refractivity contribution in [1.29, 1.82) is 0 Å². The third kappa shape index (κ3) is 3.95. The molecule has 4 aromatic heterocycles. The monoisotopic (exact) mass is 424 g/mol. The normalized spacial score (nSPS) is 11.1. The van der Waals surface area contributed by atoms with Crippen LogP contribution >= 0.6 is 0 Å². The van der Waals surface area contributed by atoms with Crippen LogP contribution in [-0.2, 0) is 12.8 Å². The smallest absolute Gasteiger partial charge is 0.216 e. The molecule has 5 rings (SSSR count). The van der Waals surface area contributed by atoms with Gasteiger partial charge in [-0.05, 0) is 39.9 Å². The van der Waals surface area contributed by atoms with Gasteiger partial charge in [-0.3, -0.25) is 4.98 Å². The number of nitrogens with one attached hydrogen (secondary N) is 1. The predicted molar refractivity (Wildman–Crippen MR) is 122 cm³/mol. The summed E-state index contributed by atoms with van der Waals surface area (Å²) in [6, 6.07) is 15.9. The number of rotatable bonds is 6. The summed E-state index contributed by atoms with van der Waals surface area (Å²) >= 11 is 0. The van der Waals surface area contributed by atoms with Gasteiger partial charge in [0, 0.05) is 48.6 Å². The standard InChI is InChI=1S/C26H21FN4O/c1-32-26-20(12-22(27)16-31-26)10-17-9-18(14-28-13-17)11-21-15-30-25-24(21)23(7-8-29-25)19-5-3-2-4-6-19/h2-9,12-16H,10-11H2,1H3,(H,29,30). The Morgan fingerprint density at radius 3 is 2.47 bits per heavy atom. The molecule has 0 aliphatic carbocycles. The molecule has 1 N–H and O–H groups in total. The molecule has 0 amide bonds. The third-order valence-corrected chi connectivity index (χ3v) is 5.47. The Kier molecular flexibility index (Phi) is 5.34. The summed E-state index contributed by atoms with van der Waals surface area (Å²) in [5.41, 5.74) is 7.03. The summed E-state index contributed by atoms with van der Waals surface area (Å²) in [4.78, 5) is 16.2. The minimum absolute atomic E-state index is 0.385. The predicted octanol–water partition coefficient (Wildman–Crippen LogP) is 5.35. The number of hydrogen-bond donors (Lipinski definition) is 1. The van der Waals surface area contributed by atoms with Crippen LogP contribution in [0.25, 0.3) is 22.2 Å². The average Bonchev–Trinajstić information content (AvgIpc) is 3.23. The molecule has 5 nitrogen and oxygen atoms in total. The highest BCUT2D eigenvalue weighted by atomic mass is 19.1. The van der Waals surface area contributed by atoms with E-state index < -0.39 is 0 Å². The molecule has 5 aromatic rings. The summed E-state index contributed by atoms with van der Waals surface area (Å²) in [6.07, 6.45) is 9.84. The summed E-state index contributed by atoms with van der Waals surface area (Å²) in [6.45, 7) is 0. The first-order valence-corrected chi connectivity index (χ1v) is 10.3. The number of ether oxygens (including phenoxy) is 1. The minimum atomic E-state index is -0.385. The number of H-pyrrole nitrogens is 1. The van der Waals surface area contributed by atoms with E-state index in [1.165, 1.54) is 13.2 Å². The Morgan fingerprint density at radius 1 is 0.906 bits per heavy atom. The van der Waals surface area contributed by atoms with E-state index in [0.717, 1.165) is 45.0 Å². The second kappa shape index (κ2) is 8.59. The number of hydrogen-bond acceptors (Lipinski definition) is 4. The molecule has 32 heavy (non-hydrogen) atoms. The summed E-state index contributed by atoms with van der Waals surface area (Å²) in [5, 5.41) is 1.11. The van der Waals surface area contributed by atoms with Gasteiger partial charge in [-0.1, -0.05) is 36.4 Å². The van der Waals surface area contributed by atoms with Gasteiger partial charge >= 0.3 is 0 Å². The average molecular weight is 424 g/mol. The van der Waals surface area contributed by atoms with Gasteiger partial charge in [-0.25, -0.2) is 14.4 Å². The molecule has 0 unspecified atom stereocenters. The highest BCUT2D eigenvalue weighted by molar-refractivity contribution is 5.95. The molecule has 0 spiro atoms. The number of fused-ring (bicyclic) bond motifs is 1. The van der Waals surface area contributed by atoms with Crippen molar-refractivity contribution in [2.24, 2.45) is 0 Å². The van der Waals surface area contributed by atoms with E-state index in [0.29, 0.717) is 24.3 Å². The molecule has 0 saturated carbocycles. The van der Waals surface area contributed by atoms with Gasteiger partial charge in [0.25, 0.3) is 0 Å². The van der Waals surface area contributed by atoms with E-state index in [9.17, 15) is 4.39 Å². The Hall–Kier alpha value is -4.06. The van der Waals surface area contributed by atoms with Crippen molar-refractivity contribution in [2.45, 2.75) is 12.8 Å². The summed E-state index contributed by atoms with van der Waals surface area (Å²) in [5.74, 6) is 0.0386. The van der Waals surface area contributed by atoms with Crippen LogP contribution in [0.5, 0.6) is 5.88 Å². The molecule has 4 heterocycles. The zero-order chi connectivity index (χ0) is 21.9. The fraction of sp³-hybridized carbons (Fsp3) is 0.115. The van der Waals surface area contributed by atoms with E-state index in [-0.39, 0.29) is 5.82 Å². The number of halogens is 1. The molecule has 0 aliphatic rings. The van der Waals surface area contributed by atoms with Crippen molar-refractivity contribution < 1.29 is 9.13 Å². The number of aromatic nitrogens is 4. The van der Waals surface area contributed by atoms with Gasteiger partial charge in [-0.2, -0.15) is 0 Å². The van der Waals surface area contributed by atoms with Crippen molar-refractivity contribution in [3.05, 3.63) is 108 Å². The van der Waals surface area contributed by atoms with Crippen LogP contribution in [0, 0.1) is 5.82 Å². The quantitative estimate of drug-likeness (QED) is 0.399. The number of nitrogens with zero attached hydrogens (tertiary/aromatic N) is 3. The number of aromatic amines is 1. The maximum atomic E-state index is 13.7. The van der Waals surface area contributed by atoms with E-state index in [2.05, 4.69) is 38.1 Å². The minimum Gasteiger partial charge on any atom is -0.481 e. The van der Waals surface area contributed by atoms with Crippen molar-refractivity contribution in [2.75, 3.05) is 7.11 Å². The fourth-order valence-corrected chi connectivity index (χ4v) is 4.08. The first kappa shape index (κ1) is 19.9. The second-order valence-electron chi connectivity index (χ2n) is 7.64. The Labute approximate surface area is 185 Å². The van der Waals surface area contributed by atoms with E-state index in [4.69, 9.17) is 4.74 Å². The van der Waals surface area contributed by atoms with Gasteiger partial charge in [-0.15, -0.1) is 0 Å². The van der Waals surface area contributed by atoms with Crippen LogP contribution in [0.2, 0.25) is 0 Å². The largest absolute Gasteiger partial charge is 0.481 e. The topological polar surface area (TPSA) is 63.7 Å². The van der Waals surface area contributed by atoms with Crippen molar-refractivity contribution in [3.8, 4) is 17.0 Å². The number of benzene rings is 1. The van der Waals surface area contributed by atoms with Crippen molar-refractivity contribution >= 4 is 11.0 Å². The molecular weight excluding hydrogens is 403 g/mol. The molecule has 0 fully saturated rings. The molecule has 0 radical (unpaired) electrons. The van der Waals surface area contributed by atoms with Crippen molar-refractivity contribution in [1.82, 2.24) is 19.9 Å². The second-order valence-corrected chi connectivity index (χ2v) is 7.64. The van der Waals surface area contributed by atoms with E-state index in [1.54, 1.807) is 6.20 Å². The van der Waals surface area contributed by atoms with Crippen LogP contribution in [-0.4, -0.2) is 27.0 Å². The lowest BCUT2D eigenvalue weighted by Crippen LogP contribution is -1.99. The Bertz CT molecular complexity index is 1380. The maximum absolute atomic E-state index is 13.7. The summed E-state index contributed by atoms with van der Waals surface area (Å²) in [7, 11) is 1.54. The van der Waals surface area contributed by atoms with Gasteiger partial charge in [0.05, 0.1) is 13.3 Å². The molecule has 0 aliphatic heterocycles. The first-order chi connectivity index (χ1) is 15.7. The third-order valence-electron chi connectivity index (χ3n) is 5.47. The lowest BCUT2D eigenvalue weighted by atomic mass is 9.97. The fourth-order valence-electron chi connectivity index (χ4n) is 4.08.